The Labute approximate surface area is 160 Å². The van der Waals surface area contributed by atoms with Crippen LogP contribution in [0.4, 0.5) is 5.69 Å². The van der Waals surface area contributed by atoms with Crippen molar-refractivity contribution in [3.05, 3.63) is 36.6 Å². The first kappa shape index (κ1) is 18.8. The molecule has 8 nitrogen and oxygen atoms in total. The van der Waals surface area contributed by atoms with Crippen LogP contribution < -0.4 is 14.8 Å². The summed E-state index contributed by atoms with van der Waals surface area (Å²) in [6, 6.07) is 8.84. The number of carbonyl (C=O) groups is 1. The van der Waals surface area contributed by atoms with Gasteiger partial charge in [-0.1, -0.05) is 11.8 Å². The third-order valence-corrected chi connectivity index (χ3v) is 4.76. The molecule has 1 aromatic carbocycles. The molecule has 0 saturated heterocycles. The number of benzene rings is 1. The second kappa shape index (κ2) is 8.63. The third kappa shape index (κ3) is 4.25. The van der Waals surface area contributed by atoms with Crippen molar-refractivity contribution < 1.29 is 18.7 Å². The number of anilines is 1. The largest absolute Gasteiger partial charge is 0.497 e. The van der Waals surface area contributed by atoms with Gasteiger partial charge in [-0.2, -0.15) is 0 Å². The predicted octanol–water partition coefficient (Wildman–Crippen LogP) is 3.31. The van der Waals surface area contributed by atoms with Gasteiger partial charge in [0, 0.05) is 12.6 Å². The maximum absolute atomic E-state index is 12.3. The molecule has 142 valence electrons. The van der Waals surface area contributed by atoms with Gasteiger partial charge in [0.15, 0.2) is 16.7 Å². The molecule has 2 aromatic heterocycles. The van der Waals surface area contributed by atoms with E-state index in [1.165, 1.54) is 11.8 Å². The van der Waals surface area contributed by atoms with Crippen LogP contribution in [-0.2, 0) is 11.3 Å². The topological polar surface area (TPSA) is 91.4 Å². The fourth-order valence-corrected chi connectivity index (χ4v) is 3.29. The quantitative estimate of drug-likeness (QED) is 0.592. The van der Waals surface area contributed by atoms with Crippen molar-refractivity contribution >= 4 is 23.4 Å². The third-order valence-electron chi connectivity index (χ3n) is 3.79. The minimum atomic E-state index is -0.173. The van der Waals surface area contributed by atoms with E-state index < -0.39 is 0 Å². The maximum atomic E-state index is 12.3. The molecule has 0 saturated carbocycles. The smallest absolute Gasteiger partial charge is 0.234 e. The molecule has 1 amide bonds. The van der Waals surface area contributed by atoms with Gasteiger partial charge in [-0.15, -0.1) is 10.2 Å². The van der Waals surface area contributed by atoms with E-state index >= 15 is 0 Å². The Morgan fingerprint density at radius 1 is 1.26 bits per heavy atom. The van der Waals surface area contributed by atoms with Crippen LogP contribution >= 0.6 is 11.8 Å². The molecule has 0 aliphatic rings. The summed E-state index contributed by atoms with van der Waals surface area (Å²) >= 11 is 1.31. The number of hydrogen-bond donors (Lipinski definition) is 1. The van der Waals surface area contributed by atoms with Gasteiger partial charge >= 0.3 is 0 Å². The van der Waals surface area contributed by atoms with Crippen LogP contribution in [0.3, 0.4) is 0 Å². The van der Waals surface area contributed by atoms with Gasteiger partial charge in [0.2, 0.25) is 5.91 Å². The van der Waals surface area contributed by atoms with Crippen LogP contribution in [0, 0.1) is 0 Å². The van der Waals surface area contributed by atoms with E-state index in [1.54, 1.807) is 44.7 Å². The number of nitrogens with one attached hydrogen (secondary N) is 1. The Morgan fingerprint density at radius 3 is 2.78 bits per heavy atom. The highest BCUT2D eigenvalue weighted by Crippen LogP contribution is 2.29. The molecular formula is C18H20N4O4S. The van der Waals surface area contributed by atoms with E-state index in [1.807, 2.05) is 17.6 Å². The van der Waals surface area contributed by atoms with Gasteiger partial charge in [0.05, 0.1) is 31.9 Å². The average Bonchev–Trinajstić information content (AvgIpc) is 3.35. The fourth-order valence-electron chi connectivity index (χ4n) is 2.49. The first-order valence-electron chi connectivity index (χ1n) is 8.28. The number of aromatic nitrogens is 3. The second-order valence-electron chi connectivity index (χ2n) is 5.43. The molecule has 0 atom stereocenters. The molecule has 0 aliphatic heterocycles. The fraction of sp³-hybridized carbons (Fsp3) is 0.278. The maximum Gasteiger partial charge on any atom is 0.234 e. The number of nitrogens with zero attached hydrogens (tertiary/aromatic N) is 3. The van der Waals surface area contributed by atoms with Crippen LogP contribution in [-0.4, -0.2) is 40.6 Å². The first-order valence-corrected chi connectivity index (χ1v) is 9.26. The number of furan rings is 1. The summed E-state index contributed by atoms with van der Waals surface area (Å²) < 4.78 is 17.7. The Hall–Kier alpha value is -2.94. The Morgan fingerprint density at radius 2 is 2.11 bits per heavy atom. The molecule has 0 radical (unpaired) electrons. The number of ether oxygens (including phenoxy) is 2. The normalized spacial score (nSPS) is 10.6. The lowest BCUT2D eigenvalue weighted by Gasteiger charge is -2.11. The zero-order chi connectivity index (χ0) is 19.2. The Bertz CT molecular complexity index is 908. The van der Waals surface area contributed by atoms with Gasteiger partial charge in [-0.05, 0) is 31.2 Å². The molecule has 9 heteroatoms. The van der Waals surface area contributed by atoms with Crippen molar-refractivity contribution in [3.63, 3.8) is 0 Å². The molecule has 3 rings (SSSR count). The van der Waals surface area contributed by atoms with E-state index in [2.05, 4.69) is 15.5 Å². The van der Waals surface area contributed by atoms with Crippen LogP contribution in [0.15, 0.2) is 46.2 Å². The van der Waals surface area contributed by atoms with Gasteiger partial charge in [0.25, 0.3) is 0 Å². The number of amides is 1. The minimum Gasteiger partial charge on any atom is -0.497 e. The lowest BCUT2D eigenvalue weighted by atomic mass is 10.2. The van der Waals surface area contributed by atoms with E-state index in [0.29, 0.717) is 40.5 Å². The molecule has 0 fully saturated rings. The highest BCUT2D eigenvalue weighted by atomic mass is 32.2. The standard InChI is InChI=1S/C18H20N4O4S/c1-4-22-17(14-6-5-9-26-14)20-21-18(22)27-11-16(23)19-13-8-7-12(24-2)10-15(13)25-3/h5-10H,4,11H2,1-3H3,(H,19,23). The number of rotatable bonds is 8. The van der Waals surface area contributed by atoms with E-state index in [0.717, 1.165) is 0 Å². The molecule has 0 unspecified atom stereocenters. The molecule has 0 bridgehead atoms. The summed E-state index contributed by atoms with van der Waals surface area (Å²) in [5, 5.41) is 11.8. The summed E-state index contributed by atoms with van der Waals surface area (Å²) in [5.41, 5.74) is 0.581. The molecule has 0 spiro atoms. The van der Waals surface area contributed by atoms with Gasteiger partial charge in [0.1, 0.15) is 11.5 Å². The van der Waals surface area contributed by atoms with Crippen molar-refractivity contribution in [3.8, 4) is 23.1 Å². The van der Waals surface area contributed by atoms with Crippen molar-refractivity contribution in [2.75, 3.05) is 25.3 Å². The summed E-state index contributed by atoms with van der Waals surface area (Å²) in [5.74, 6) is 2.48. The lowest BCUT2D eigenvalue weighted by molar-refractivity contribution is -0.113. The van der Waals surface area contributed by atoms with E-state index in [-0.39, 0.29) is 11.7 Å². The van der Waals surface area contributed by atoms with Crippen molar-refractivity contribution in [2.24, 2.45) is 0 Å². The van der Waals surface area contributed by atoms with Crippen molar-refractivity contribution in [1.29, 1.82) is 0 Å². The number of methoxy groups -OCH3 is 2. The number of hydrogen-bond acceptors (Lipinski definition) is 7. The van der Waals surface area contributed by atoms with Gasteiger partial charge in [-0.25, -0.2) is 0 Å². The SMILES string of the molecule is CCn1c(SCC(=O)Nc2ccc(OC)cc2OC)nnc1-c1ccco1. The van der Waals surface area contributed by atoms with Crippen molar-refractivity contribution in [1.82, 2.24) is 14.8 Å². The van der Waals surface area contributed by atoms with Gasteiger partial charge in [-0.3, -0.25) is 9.36 Å². The van der Waals surface area contributed by atoms with Crippen molar-refractivity contribution in [2.45, 2.75) is 18.6 Å². The second-order valence-corrected chi connectivity index (χ2v) is 6.37. The summed E-state index contributed by atoms with van der Waals surface area (Å²) in [6.45, 7) is 2.65. The molecule has 2 heterocycles. The van der Waals surface area contributed by atoms with Crippen LogP contribution in [0.25, 0.3) is 11.6 Å². The number of carbonyl (C=O) groups excluding carboxylic acids is 1. The van der Waals surface area contributed by atoms with Crippen LogP contribution in [0.5, 0.6) is 11.5 Å². The summed E-state index contributed by atoms with van der Waals surface area (Å²) in [4.78, 5) is 12.3. The van der Waals surface area contributed by atoms with E-state index in [9.17, 15) is 4.79 Å². The predicted molar refractivity (Wildman–Crippen MR) is 102 cm³/mol. The zero-order valence-corrected chi connectivity index (χ0v) is 16.1. The van der Waals surface area contributed by atoms with Crippen LogP contribution in [0.1, 0.15) is 6.92 Å². The van der Waals surface area contributed by atoms with E-state index in [4.69, 9.17) is 13.9 Å². The monoisotopic (exact) mass is 388 g/mol. The Kier molecular flexibility index (Phi) is 6.02. The van der Waals surface area contributed by atoms with Gasteiger partial charge < -0.3 is 19.2 Å². The van der Waals surface area contributed by atoms with Crippen LogP contribution in [0.2, 0.25) is 0 Å². The molecule has 1 N–H and O–H groups in total. The highest BCUT2D eigenvalue weighted by Gasteiger charge is 2.17. The Balaban J connectivity index is 1.66. The zero-order valence-electron chi connectivity index (χ0n) is 15.3. The summed E-state index contributed by atoms with van der Waals surface area (Å²) in [6.07, 6.45) is 1.59. The molecule has 3 aromatic rings. The highest BCUT2D eigenvalue weighted by molar-refractivity contribution is 7.99. The average molecular weight is 388 g/mol. The first-order chi connectivity index (χ1) is 13.2. The lowest BCUT2D eigenvalue weighted by Crippen LogP contribution is -2.15. The number of thioether (sulfide) groups is 1. The summed E-state index contributed by atoms with van der Waals surface area (Å²) in [7, 11) is 3.11. The molecular weight excluding hydrogens is 368 g/mol. The minimum absolute atomic E-state index is 0.173. The molecule has 0 aliphatic carbocycles. The molecule has 27 heavy (non-hydrogen) atoms.